The molecule has 0 unspecified atom stereocenters. The van der Waals surface area contributed by atoms with Crippen LogP contribution in [0.25, 0.3) is 11.0 Å². The zero-order chi connectivity index (χ0) is 19.1. The summed E-state index contributed by atoms with van der Waals surface area (Å²) in [4.78, 5) is 6.22. The molecule has 142 valence electrons. The van der Waals surface area contributed by atoms with Crippen LogP contribution in [0.1, 0.15) is 25.2 Å². The second kappa shape index (κ2) is 6.57. The summed E-state index contributed by atoms with van der Waals surface area (Å²) in [6.07, 6.45) is 0. The number of hydrogen-bond donors (Lipinski definition) is 1. The minimum atomic E-state index is -3.11. The largest absolute Gasteiger partial charge is 0.459 e. The lowest BCUT2D eigenvalue weighted by molar-refractivity contribution is 0.351. The highest BCUT2D eigenvalue weighted by Crippen LogP contribution is 2.26. The van der Waals surface area contributed by atoms with E-state index in [1.807, 2.05) is 11.8 Å². The van der Waals surface area contributed by atoms with Crippen molar-refractivity contribution in [3.8, 4) is 0 Å². The summed E-state index contributed by atoms with van der Waals surface area (Å²) in [5.41, 5.74) is 1.52. The van der Waals surface area contributed by atoms with Gasteiger partial charge in [-0.25, -0.2) is 12.8 Å². The fourth-order valence-electron chi connectivity index (χ4n) is 3.23. The van der Waals surface area contributed by atoms with Gasteiger partial charge in [-0.1, -0.05) is 0 Å². The molecule has 3 rings (SSSR count). The number of furan rings is 1. The van der Waals surface area contributed by atoms with Crippen molar-refractivity contribution in [3.63, 3.8) is 0 Å². The number of aryl methyl sites for hydroxylation is 1. The van der Waals surface area contributed by atoms with Gasteiger partial charge in [-0.05, 0) is 39.0 Å². The van der Waals surface area contributed by atoms with Gasteiger partial charge >= 0.3 is 0 Å². The predicted molar refractivity (Wildman–Crippen MR) is 101 cm³/mol. The maximum Gasteiger partial charge on any atom is 0.194 e. The van der Waals surface area contributed by atoms with Gasteiger partial charge in [-0.2, -0.15) is 0 Å². The summed E-state index contributed by atoms with van der Waals surface area (Å²) in [6, 6.07) is 4.45. The normalized spacial score (nSPS) is 19.7. The summed E-state index contributed by atoms with van der Waals surface area (Å²) in [5, 5.41) is 3.98. The van der Waals surface area contributed by atoms with Crippen LogP contribution in [-0.2, 0) is 16.4 Å². The number of halogens is 1. The molecule has 1 fully saturated rings. The van der Waals surface area contributed by atoms with E-state index in [9.17, 15) is 12.8 Å². The predicted octanol–water partition coefficient (Wildman–Crippen LogP) is 2.46. The Bertz CT molecular complexity index is 963. The van der Waals surface area contributed by atoms with Crippen LogP contribution in [0.15, 0.2) is 27.6 Å². The average Bonchev–Trinajstić information content (AvgIpc) is 2.87. The second-order valence-corrected chi connectivity index (χ2v) is 9.93. The zero-order valence-corrected chi connectivity index (χ0v) is 16.3. The Hall–Kier alpha value is -2.09. The molecule has 0 radical (unpaired) electrons. The molecule has 0 atom stereocenters. The van der Waals surface area contributed by atoms with Crippen molar-refractivity contribution in [1.82, 2.24) is 10.2 Å². The number of rotatable bonds is 2. The molecule has 6 nitrogen and oxygen atoms in total. The van der Waals surface area contributed by atoms with E-state index in [0.717, 1.165) is 10.9 Å². The van der Waals surface area contributed by atoms with Crippen LogP contribution >= 0.6 is 0 Å². The van der Waals surface area contributed by atoms with Crippen LogP contribution in [-0.4, -0.2) is 49.9 Å². The SMILES string of the molecule is CN=C(NCc1oc2ccc(F)cc2c1C)N1CCS(=O)(=O)C(C)(C)C1. The summed E-state index contributed by atoms with van der Waals surface area (Å²) >= 11 is 0. The van der Waals surface area contributed by atoms with Crippen LogP contribution in [0.3, 0.4) is 0 Å². The van der Waals surface area contributed by atoms with Crippen LogP contribution in [0.2, 0.25) is 0 Å². The fraction of sp³-hybridized carbons (Fsp3) is 0.500. The van der Waals surface area contributed by atoms with Gasteiger partial charge in [-0.3, -0.25) is 4.99 Å². The van der Waals surface area contributed by atoms with E-state index >= 15 is 0 Å². The molecule has 1 N–H and O–H groups in total. The number of benzene rings is 1. The summed E-state index contributed by atoms with van der Waals surface area (Å²) in [5.74, 6) is 1.13. The first-order chi connectivity index (χ1) is 12.1. The van der Waals surface area contributed by atoms with Gasteiger partial charge in [-0.15, -0.1) is 0 Å². The molecule has 2 heterocycles. The molecule has 1 aliphatic rings. The van der Waals surface area contributed by atoms with Crippen LogP contribution < -0.4 is 5.32 Å². The standard InChI is InChI=1S/C18H24FN3O3S/c1-12-14-9-13(19)5-6-15(14)25-16(12)10-21-17(20-4)22-7-8-26(23,24)18(2,3)11-22/h5-6,9H,7-8,10-11H2,1-4H3,(H,20,21). The summed E-state index contributed by atoms with van der Waals surface area (Å²) < 4.78 is 42.8. The number of hydrogen-bond acceptors (Lipinski definition) is 4. The molecule has 0 saturated carbocycles. The van der Waals surface area contributed by atoms with E-state index in [1.165, 1.54) is 12.1 Å². The summed E-state index contributed by atoms with van der Waals surface area (Å²) in [6.45, 7) is 6.52. The molecule has 1 aromatic carbocycles. The monoisotopic (exact) mass is 381 g/mol. The molecule has 0 bridgehead atoms. The molecule has 8 heteroatoms. The lowest BCUT2D eigenvalue weighted by atomic mass is 10.1. The third kappa shape index (κ3) is 3.30. The van der Waals surface area contributed by atoms with E-state index in [2.05, 4.69) is 10.3 Å². The van der Waals surface area contributed by atoms with Crippen molar-refractivity contribution < 1.29 is 17.2 Å². The number of sulfone groups is 1. The van der Waals surface area contributed by atoms with E-state index in [0.29, 0.717) is 36.9 Å². The highest BCUT2D eigenvalue weighted by atomic mass is 32.2. The number of nitrogens with one attached hydrogen (secondary N) is 1. The summed E-state index contributed by atoms with van der Waals surface area (Å²) in [7, 11) is -1.44. The van der Waals surface area contributed by atoms with Crippen molar-refractivity contribution >= 4 is 26.8 Å². The molecule has 1 aromatic heterocycles. The maximum absolute atomic E-state index is 13.4. The molecular weight excluding hydrogens is 357 g/mol. The third-order valence-electron chi connectivity index (χ3n) is 4.96. The molecule has 0 aliphatic carbocycles. The Morgan fingerprint density at radius 3 is 2.81 bits per heavy atom. The Morgan fingerprint density at radius 1 is 1.42 bits per heavy atom. The van der Waals surface area contributed by atoms with Gasteiger partial charge in [0.25, 0.3) is 0 Å². The Balaban J connectivity index is 1.75. The molecular formula is C18H24FN3O3S. The Labute approximate surface area is 153 Å². The maximum atomic E-state index is 13.4. The Morgan fingerprint density at radius 2 is 2.15 bits per heavy atom. The second-order valence-electron chi connectivity index (χ2n) is 7.19. The molecule has 0 amide bonds. The first-order valence-electron chi connectivity index (χ1n) is 8.50. The fourth-order valence-corrected chi connectivity index (χ4v) is 4.59. The van der Waals surface area contributed by atoms with Gasteiger partial charge in [0, 0.05) is 31.1 Å². The smallest absolute Gasteiger partial charge is 0.194 e. The zero-order valence-electron chi connectivity index (χ0n) is 15.5. The van der Waals surface area contributed by atoms with E-state index in [1.54, 1.807) is 27.0 Å². The first-order valence-corrected chi connectivity index (χ1v) is 10.2. The molecule has 26 heavy (non-hydrogen) atoms. The van der Waals surface area contributed by atoms with Gasteiger partial charge in [0.05, 0.1) is 17.0 Å². The third-order valence-corrected chi connectivity index (χ3v) is 7.49. The van der Waals surface area contributed by atoms with E-state index < -0.39 is 14.6 Å². The van der Waals surface area contributed by atoms with Crippen molar-refractivity contribution in [1.29, 1.82) is 0 Å². The number of guanidine groups is 1. The minimum absolute atomic E-state index is 0.101. The number of nitrogens with zero attached hydrogens (tertiary/aromatic N) is 2. The molecule has 1 aliphatic heterocycles. The topological polar surface area (TPSA) is 74.9 Å². The highest BCUT2D eigenvalue weighted by molar-refractivity contribution is 7.92. The van der Waals surface area contributed by atoms with Gasteiger partial charge in [0.1, 0.15) is 17.2 Å². The van der Waals surface area contributed by atoms with Gasteiger partial charge in [0.2, 0.25) is 0 Å². The van der Waals surface area contributed by atoms with E-state index in [-0.39, 0.29) is 11.6 Å². The van der Waals surface area contributed by atoms with Crippen molar-refractivity contribution in [2.45, 2.75) is 32.1 Å². The number of aliphatic imine (C=N–C) groups is 1. The van der Waals surface area contributed by atoms with Crippen LogP contribution in [0.5, 0.6) is 0 Å². The minimum Gasteiger partial charge on any atom is -0.459 e. The van der Waals surface area contributed by atoms with Crippen molar-refractivity contribution in [2.75, 3.05) is 25.9 Å². The average molecular weight is 381 g/mol. The molecule has 1 saturated heterocycles. The Kier molecular flexibility index (Phi) is 4.72. The van der Waals surface area contributed by atoms with Crippen LogP contribution in [0.4, 0.5) is 4.39 Å². The molecule has 0 spiro atoms. The van der Waals surface area contributed by atoms with E-state index in [4.69, 9.17) is 4.42 Å². The lowest BCUT2D eigenvalue weighted by Gasteiger charge is -2.39. The van der Waals surface area contributed by atoms with Crippen molar-refractivity contribution in [3.05, 3.63) is 35.3 Å². The highest BCUT2D eigenvalue weighted by Gasteiger charge is 2.40. The molecule has 2 aromatic rings. The first kappa shape index (κ1) is 18.7. The van der Waals surface area contributed by atoms with Crippen molar-refractivity contribution in [2.24, 2.45) is 4.99 Å². The lowest BCUT2D eigenvalue weighted by Crippen LogP contribution is -2.57. The van der Waals surface area contributed by atoms with Gasteiger partial charge in [0.15, 0.2) is 15.8 Å². The quantitative estimate of drug-likeness (QED) is 0.639. The van der Waals surface area contributed by atoms with Gasteiger partial charge < -0.3 is 14.6 Å². The number of fused-ring (bicyclic) bond motifs is 1. The van der Waals surface area contributed by atoms with Crippen LogP contribution in [0, 0.1) is 12.7 Å².